The summed E-state index contributed by atoms with van der Waals surface area (Å²) in [7, 11) is 1.35. The van der Waals surface area contributed by atoms with E-state index in [9.17, 15) is 24.3 Å². The summed E-state index contributed by atoms with van der Waals surface area (Å²) in [6, 6.07) is 7.02. The first kappa shape index (κ1) is 28.3. The Balaban J connectivity index is 1.34. The zero-order valence-corrected chi connectivity index (χ0v) is 23.6. The van der Waals surface area contributed by atoms with Crippen LogP contribution in [0.5, 0.6) is 5.88 Å². The number of thiazole rings is 1. The fraction of sp³-hybridized carbons (Fsp3) is 0.429. The first-order valence-electron chi connectivity index (χ1n) is 13.5. The van der Waals surface area contributed by atoms with Gasteiger partial charge in [-0.1, -0.05) is 13.0 Å². The molecule has 0 radical (unpaired) electrons. The highest BCUT2D eigenvalue weighted by Gasteiger charge is 2.35. The predicted octanol–water partition coefficient (Wildman–Crippen LogP) is 3.59. The van der Waals surface area contributed by atoms with E-state index >= 15 is 0 Å². The van der Waals surface area contributed by atoms with Crippen molar-refractivity contribution in [2.45, 2.75) is 44.6 Å². The van der Waals surface area contributed by atoms with Gasteiger partial charge in [-0.15, -0.1) is 11.3 Å². The lowest BCUT2D eigenvalue weighted by Gasteiger charge is -2.38. The third-order valence-corrected chi connectivity index (χ3v) is 8.97. The van der Waals surface area contributed by atoms with Crippen LogP contribution in [-0.4, -0.2) is 75.4 Å². The van der Waals surface area contributed by atoms with E-state index in [1.54, 1.807) is 16.2 Å². The van der Waals surface area contributed by atoms with E-state index in [1.807, 2.05) is 25.1 Å². The van der Waals surface area contributed by atoms with Gasteiger partial charge in [0.15, 0.2) is 0 Å². The smallest absolute Gasteiger partial charge is 0.407 e. The molecule has 216 valence electrons. The van der Waals surface area contributed by atoms with Crippen LogP contribution in [0, 0.1) is 5.92 Å². The Hall–Kier alpha value is -4.26. The molecule has 4 heterocycles. The summed E-state index contributed by atoms with van der Waals surface area (Å²) in [5.41, 5.74) is 7.28. The highest BCUT2D eigenvalue weighted by molar-refractivity contribution is 7.18. The molecule has 2 saturated heterocycles. The minimum atomic E-state index is -0.886. The number of ether oxygens (including phenoxy) is 1. The number of rotatable bonds is 5. The van der Waals surface area contributed by atoms with Crippen molar-refractivity contribution >= 4 is 51.1 Å². The summed E-state index contributed by atoms with van der Waals surface area (Å²) in [4.78, 5) is 61.4. The van der Waals surface area contributed by atoms with Gasteiger partial charge in [0.1, 0.15) is 5.56 Å². The van der Waals surface area contributed by atoms with E-state index in [0.717, 1.165) is 40.1 Å². The van der Waals surface area contributed by atoms with Crippen molar-refractivity contribution < 1.29 is 29.0 Å². The normalized spacial score (nSPS) is 19.7. The average Bonchev–Trinajstić information content (AvgIpc) is 3.40. The first-order chi connectivity index (χ1) is 19.6. The molecule has 4 N–H and O–H groups in total. The number of likely N-dealkylation sites (tertiary alicyclic amines) is 2. The number of nitrogens with zero attached hydrogens (tertiary/aromatic N) is 4. The van der Waals surface area contributed by atoms with Gasteiger partial charge in [-0.05, 0) is 55.4 Å². The molecule has 2 fully saturated rings. The van der Waals surface area contributed by atoms with Gasteiger partial charge in [0, 0.05) is 25.6 Å². The van der Waals surface area contributed by atoms with E-state index in [1.165, 1.54) is 24.3 Å². The van der Waals surface area contributed by atoms with Gasteiger partial charge in [-0.2, -0.15) is 0 Å². The number of anilines is 1. The molecule has 0 saturated carbocycles. The number of pyridine rings is 1. The van der Waals surface area contributed by atoms with E-state index < -0.39 is 23.8 Å². The molecular weight excluding hydrogens is 548 g/mol. The molecule has 13 heteroatoms. The van der Waals surface area contributed by atoms with Gasteiger partial charge < -0.3 is 30.7 Å². The van der Waals surface area contributed by atoms with E-state index in [4.69, 9.17) is 15.5 Å². The fourth-order valence-corrected chi connectivity index (χ4v) is 6.68. The standard InChI is InChI=1S/C28H32N6O6S/c1-15-3-5-21(34(14-15)27(37)24(36)31-18-12-19(23(29)35)25(40-2)30-13-18)17-4-6-22-20(11-17)32-26(41-22)16-7-9-33(10-8-16)28(38)39/h4,6,11-13,15-16,21H,3,5,7-10,14H2,1-2H3,(H2,29,35)(H,31,36)(H,38,39)/t15-,21+/m0/s1. The average molecular weight is 581 g/mol. The quantitative estimate of drug-likeness (QED) is 0.385. The lowest BCUT2D eigenvalue weighted by Crippen LogP contribution is -2.46. The molecule has 0 spiro atoms. The minimum Gasteiger partial charge on any atom is -0.480 e. The van der Waals surface area contributed by atoms with Crippen LogP contribution in [-0.2, 0) is 9.59 Å². The highest BCUT2D eigenvalue weighted by Crippen LogP contribution is 2.38. The van der Waals surface area contributed by atoms with Gasteiger partial charge in [0.2, 0.25) is 5.88 Å². The number of methoxy groups -OCH3 is 1. The van der Waals surface area contributed by atoms with Gasteiger partial charge in [-0.25, -0.2) is 14.8 Å². The van der Waals surface area contributed by atoms with E-state index in [2.05, 4.69) is 10.3 Å². The summed E-state index contributed by atoms with van der Waals surface area (Å²) < 4.78 is 6.06. The molecule has 2 aliphatic rings. The number of amides is 4. The molecule has 41 heavy (non-hydrogen) atoms. The van der Waals surface area contributed by atoms with Crippen LogP contribution in [0.1, 0.15) is 65.5 Å². The van der Waals surface area contributed by atoms with Crippen molar-refractivity contribution in [2.75, 3.05) is 32.1 Å². The van der Waals surface area contributed by atoms with Crippen LogP contribution in [0.2, 0.25) is 0 Å². The van der Waals surface area contributed by atoms with Crippen LogP contribution >= 0.6 is 11.3 Å². The van der Waals surface area contributed by atoms with Crippen molar-refractivity contribution in [1.29, 1.82) is 0 Å². The van der Waals surface area contributed by atoms with Crippen LogP contribution < -0.4 is 15.8 Å². The first-order valence-corrected chi connectivity index (χ1v) is 14.3. The van der Waals surface area contributed by atoms with Crippen molar-refractivity contribution in [2.24, 2.45) is 11.7 Å². The van der Waals surface area contributed by atoms with Gasteiger partial charge in [0.05, 0.1) is 40.3 Å². The van der Waals surface area contributed by atoms with Crippen LogP contribution in [0.4, 0.5) is 10.5 Å². The van der Waals surface area contributed by atoms with Gasteiger partial charge >= 0.3 is 17.9 Å². The number of piperidine rings is 2. The van der Waals surface area contributed by atoms with Crippen molar-refractivity contribution in [3.05, 3.63) is 46.6 Å². The molecule has 2 aliphatic heterocycles. The largest absolute Gasteiger partial charge is 0.480 e. The second kappa shape index (κ2) is 11.7. The minimum absolute atomic E-state index is 0.00871. The highest BCUT2D eigenvalue weighted by atomic mass is 32.1. The number of nitrogens with one attached hydrogen (secondary N) is 1. The number of fused-ring (bicyclic) bond motifs is 1. The summed E-state index contributed by atoms with van der Waals surface area (Å²) >= 11 is 1.62. The number of nitrogens with two attached hydrogens (primary N) is 1. The van der Waals surface area contributed by atoms with Crippen molar-refractivity contribution in [3.8, 4) is 5.88 Å². The number of carbonyl (C=O) groups excluding carboxylic acids is 3. The van der Waals surface area contributed by atoms with E-state index in [0.29, 0.717) is 26.1 Å². The van der Waals surface area contributed by atoms with Crippen LogP contribution in [0.25, 0.3) is 10.2 Å². The Morgan fingerprint density at radius 1 is 1.12 bits per heavy atom. The second-order valence-electron chi connectivity index (χ2n) is 10.6. The molecule has 0 aliphatic carbocycles. The molecule has 3 aromatic rings. The Kier molecular flexibility index (Phi) is 8.06. The molecule has 2 aromatic heterocycles. The molecule has 1 aromatic carbocycles. The number of primary amides is 1. The predicted molar refractivity (Wildman–Crippen MR) is 152 cm³/mol. The topological polar surface area (TPSA) is 168 Å². The molecular formula is C28H32N6O6S. The van der Waals surface area contributed by atoms with E-state index in [-0.39, 0.29) is 35.0 Å². The van der Waals surface area contributed by atoms with Crippen LogP contribution in [0.3, 0.4) is 0 Å². The van der Waals surface area contributed by atoms with Crippen LogP contribution in [0.15, 0.2) is 30.5 Å². The number of carbonyl (C=O) groups is 4. The zero-order chi connectivity index (χ0) is 29.3. The number of hydrogen-bond donors (Lipinski definition) is 3. The summed E-state index contributed by atoms with van der Waals surface area (Å²) in [6.07, 6.45) is 3.49. The van der Waals surface area contributed by atoms with Gasteiger partial charge in [-0.3, -0.25) is 14.4 Å². The molecule has 2 atom stereocenters. The molecule has 0 bridgehead atoms. The van der Waals surface area contributed by atoms with Gasteiger partial charge in [0.25, 0.3) is 5.91 Å². The monoisotopic (exact) mass is 580 g/mol. The fourth-order valence-electron chi connectivity index (χ4n) is 5.56. The SMILES string of the molecule is COc1ncc(NC(=O)C(=O)N2C[C@@H](C)CC[C@@H]2c2ccc3sc(C4CCN(C(=O)O)CC4)nc3c2)cc1C(N)=O. The third kappa shape index (κ3) is 5.94. The Morgan fingerprint density at radius 3 is 2.56 bits per heavy atom. The summed E-state index contributed by atoms with van der Waals surface area (Å²) in [5.74, 6) is -1.82. The van der Waals surface area contributed by atoms with Crippen molar-refractivity contribution in [1.82, 2.24) is 19.8 Å². The molecule has 0 unspecified atom stereocenters. The summed E-state index contributed by atoms with van der Waals surface area (Å²) in [6.45, 7) is 3.47. The Labute approximate surface area is 240 Å². The zero-order valence-electron chi connectivity index (χ0n) is 22.8. The Morgan fingerprint density at radius 2 is 1.88 bits per heavy atom. The maximum absolute atomic E-state index is 13.4. The molecule has 4 amide bonds. The summed E-state index contributed by atoms with van der Waals surface area (Å²) in [5, 5.41) is 12.8. The molecule has 5 rings (SSSR count). The number of aromatic nitrogens is 2. The number of hydrogen-bond acceptors (Lipinski definition) is 8. The number of carboxylic acid groups (broad SMARTS) is 1. The van der Waals surface area contributed by atoms with Crippen molar-refractivity contribution in [3.63, 3.8) is 0 Å². The second-order valence-corrected chi connectivity index (χ2v) is 11.6. The maximum atomic E-state index is 13.4. The lowest BCUT2D eigenvalue weighted by molar-refractivity contribution is -0.146. The maximum Gasteiger partial charge on any atom is 0.407 e. The Bertz CT molecular complexity index is 1500. The lowest BCUT2D eigenvalue weighted by atomic mass is 9.89. The molecule has 12 nitrogen and oxygen atoms in total. The third-order valence-electron chi connectivity index (χ3n) is 7.77. The number of benzene rings is 1.